The van der Waals surface area contributed by atoms with E-state index < -0.39 is 0 Å². The highest BCUT2D eigenvalue weighted by Crippen LogP contribution is 2.31. The van der Waals surface area contributed by atoms with E-state index in [9.17, 15) is 0 Å². The fraction of sp³-hybridized carbons (Fsp3) is 0.0588. The Morgan fingerprint density at radius 2 is 2.00 bits per heavy atom. The van der Waals surface area contributed by atoms with Crippen molar-refractivity contribution in [2.75, 3.05) is 12.5 Å². The van der Waals surface area contributed by atoms with Crippen LogP contribution in [0, 0.1) is 22.7 Å². The summed E-state index contributed by atoms with van der Waals surface area (Å²) in [6, 6.07) is 16.1. The largest absolute Gasteiger partial charge is 0.495 e. The fourth-order valence-corrected chi connectivity index (χ4v) is 2.12. The molecular weight excluding hydrogens is 306 g/mol. The van der Waals surface area contributed by atoms with Crippen molar-refractivity contribution in [1.29, 1.82) is 10.5 Å². The van der Waals surface area contributed by atoms with Gasteiger partial charge >= 0.3 is 0 Å². The number of ether oxygens (including phenoxy) is 1. The van der Waals surface area contributed by atoms with E-state index in [4.69, 9.17) is 19.7 Å². The molecule has 0 bridgehead atoms. The number of rotatable bonds is 4. The van der Waals surface area contributed by atoms with Gasteiger partial charge in [-0.2, -0.15) is 15.6 Å². The molecule has 0 saturated heterocycles. The monoisotopic (exact) mass is 317 g/mol. The van der Waals surface area contributed by atoms with E-state index >= 15 is 0 Å². The lowest BCUT2D eigenvalue weighted by molar-refractivity contribution is 0.416. The van der Waals surface area contributed by atoms with Gasteiger partial charge in [0.05, 0.1) is 12.8 Å². The molecule has 0 saturated carbocycles. The quantitative estimate of drug-likeness (QED) is 0.584. The first-order chi connectivity index (χ1) is 11.7. The Morgan fingerprint density at radius 1 is 1.21 bits per heavy atom. The predicted molar refractivity (Wildman–Crippen MR) is 88.3 cm³/mol. The number of methoxy groups -OCH3 is 1. The lowest BCUT2D eigenvalue weighted by Gasteiger charge is -2.08. The van der Waals surface area contributed by atoms with E-state index in [0.717, 1.165) is 5.52 Å². The molecule has 7 nitrogen and oxygen atoms in total. The van der Waals surface area contributed by atoms with Gasteiger partial charge in [0, 0.05) is 5.56 Å². The van der Waals surface area contributed by atoms with E-state index in [0.29, 0.717) is 28.5 Å². The normalized spacial score (nSPS) is 9.79. The zero-order valence-corrected chi connectivity index (χ0v) is 12.6. The summed E-state index contributed by atoms with van der Waals surface area (Å²) in [5.74, 6) is 0.959. The van der Waals surface area contributed by atoms with Crippen molar-refractivity contribution in [3.8, 4) is 29.3 Å². The maximum atomic E-state index is 8.74. The highest BCUT2D eigenvalue weighted by Gasteiger charge is 2.11. The summed E-state index contributed by atoms with van der Waals surface area (Å²) in [5, 5.41) is 21.2. The number of hydrogen-bond acceptors (Lipinski definition) is 7. The molecule has 116 valence electrons. The lowest BCUT2D eigenvalue weighted by Crippen LogP contribution is -1.98. The number of benzene rings is 2. The second-order valence-corrected chi connectivity index (χ2v) is 4.70. The molecule has 0 atom stereocenters. The number of hydrazone groups is 1. The van der Waals surface area contributed by atoms with Crippen LogP contribution in [0.3, 0.4) is 0 Å². The molecule has 1 heterocycles. The van der Waals surface area contributed by atoms with Crippen LogP contribution in [0.25, 0.3) is 22.6 Å². The van der Waals surface area contributed by atoms with Crippen LogP contribution < -0.4 is 10.2 Å². The second-order valence-electron chi connectivity index (χ2n) is 4.70. The second kappa shape index (κ2) is 6.51. The van der Waals surface area contributed by atoms with Gasteiger partial charge < -0.3 is 9.15 Å². The van der Waals surface area contributed by atoms with Crippen LogP contribution in [-0.4, -0.2) is 17.8 Å². The van der Waals surface area contributed by atoms with E-state index in [-0.39, 0.29) is 5.71 Å². The standard InChI is InChI=1S/C17H11N5O2/c1-23-15-7-6-11(8-14(15)22-21-12(9-18)10-19)17-20-13-4-2-3-5-16(13)24-17/h2-8,22H,1H3. The molecule has 0 amide bonds. The minimum absolute atomic E-state index is 0.288. The third-order valence-electron chi connectivity index (χ3n) is 3.24. The van der Waals surface area contributed by atoms with E-state index in [1.54, 1.807) is 30.3 Å². The zero-order chi connectivity index (χ0) is 16.9. The summed E-state index contributed by atoms with van der Waals surface area (Å²) in [7, 11) is 1.51. The van der Waals surface area contributed by atoms with Crippen molar-refractivity contribution in [3.05, 3.63) is 42.5 Å². The Hall–Kier alpha value is -3.84. The average molecular weight is 317 g/mol. The van der Waals surface area contributed by atoms with Crippen LogP contribution in [0.4, 0.5) is 5.69 Å². The Bertz CT molecular complexity index is 959. The van der Waals surface area contributed by atoms with Gasteiger partial charge in [-0.15, -0.1) is 0 Å². The summed E-state index contributed by atoms with van der Waals surface area (Å²) in [4.78, 5) is 4.43. The van der Waals surface area contributed by atoms with Gasteiger partial charge in [0.25, 0.3) is 0 Å². The molecule has 2 aromatic carbocycles. The number of oxazole rings is 1. The number of nitrogens with one attached hydrogen (secondary N) is 1. The van der Waals surface area contributed by atoms with Gasteiger partial charge in [0.15, 0.2) is 5.58 Å². The van der Waals surface area contributed by atoms with Crippen molar-refractivity contribution >= 4 is 22.5 Å². The smallest absolute Gasteiger partial charge is 0.237 e. The minimum Gasteiger partial charge on any atom is -0.495 e. The molecule has 0 radical (unpaired) electrons. The third-order valence-corrected chi connectivity index (χ3v) is 3.24. The SMILES string of the molecule is COc1ccc(-c2nc3ccccc3o2)cc1NN=C(C#N)C#N. The summed E-state index contributed by atoms with van der Waals surface area (Å²) in [6.45, 7) is 0. The highest BCUT2D eigenvalue weighted by atomic mass is 16.5. The molecular formula is C17H11N5O2. The maximum Gasteiger partial charge on any atom is 0.237 e. The Morgan fingerprint density at radius 3 is 2.71 bits per heavy atom. The van der Waals surface area contributed by atoms with Crippen molar-refractivity contribution in [3.63, 3.8) is 0 Å². The number of nitriles is 2. The Kier molecular flexibility index (Phi) is 4.09. The first-order valence-corrected chi connectivity index (χ1v) is 6.93. The van der Waals surface area contributed by atoms with Crippen LogP contribution in [-0.2, 0) is 0 Å². The van der Waals surface area contributed by atoms with Gasteiger partial charge in [-0.1, -0.05) is 12.1 Å². The number of hydrogen-bond donors (Lipinski definition) is 1. The van der Waals surface area contributed by atoms with Gasteiger partial charge in [-0.25, -0.2) is 4.98 Å². The highest BCUT2D eigenvalue weighted by molar-refractivity contribution is 6.10. The van der Waals surface area contributed by atoms with Crippen molar-refractivity contribution in [1.82, 2.24) is 4.98 Å². The summed E-state index contributed by atoms with van der Waals surface area (Å²) in [6.07, 6.45) is 0. The van der Waals surface area contributed by atoms with Gasteiger partial charge in [0.2, 0.25) is 11.6 Å². The number of nitrogens with zero attached hydrogens (tertiary/aromatic N) is 4. The van der Waals surface area contributed by atoms with Crippen LogP contribution in [0.1, 0.15) is 0 Å². The average Bonchev–Trinajstić information content (AvgIpc) is 3.06. The minimum atomic E-state index is -0.288. The van der Waals surface area contributed by atoms with Gasteiger partial charge in [0.1, 0.15) is 23.4 Å². The van der Waals surface area contributed by atoms with Crippen molar-refractivity contribution in [2.24, 2.45) is 5.10 Å². The predicted octanol–water partition coefficient (Wildman–Crippen LogP) is 3.32. The summed E-state index contributed by atoms with van der Waals surface area (Å²) >= 11 is 0. The number of aromatic nitrogens is 1. The molecule has 1 aromatic heterocycles. The van der Waals surface area contributed by atoms with E-state index in [2.05, 4.69) is 15.5 Å². The lowest BCUT2D eigenvalue weighted by atomic mass is 10.2. The molecule has 0 spiro atoms. The Labute approximate surface area is 137 Å². The summed E-state index contributed by atoms with van der Waals surface area (Å²) < 4.78 is 11.0. The molecule has 24 heavy (non-hydrogen) atoms. The molecule has 0 aliphatic heterocycles. The van der Waals surface area contributed by atoms with Crippen LogP contribution in [0.2, 0.25) is 0 Å². The van der Waals surface area contributed by atoms with Crippen molar-refractivity contribution < 1.29 is 9.15 Å². The topological polar surface area (TPSA) is 107 Å². The first-order valence-electron chi connectivity index (χ1n) is 6.93. The summed E-state index contributed by atoms with van der Waals surface area (Å²) in [5.41, 5.74) is 5.01. The fourth-order valence-electron chi connectivity index (χ4n) is 2.12. The van der Waals surface area contributed by atoms with E-state index in [1.807, 2.05) is 24.3 Å². The molecule has 3 rings (SSSR count). The van der Waals surface area contributed by atoms with Gasteiger partial charge in [-0.3, -0.25) is 5.43 Å². The zero-order valence-electron chi connectivity index (χ0n) is 12.6. The van der Waals surface area contributed by atoms with Crippen LogP contribution in [0.15, 0.2) is 52.0 Å². The van der Waals surface area contributed by atoms with Crippen LogP contribution >= 0.6 is 0 Å². The molecule has 0 aliphatic carbocycles. The molecule has 0 aliphatic rings. The Balaban J connectivity index is 2.01. The number of anilines is 1. The molecule has 0 fully saturated rings. The number of fused-ring (bicyclic) bond motifs is 1. The molecule has 0 unspecified atom stereocenters. The van der Waals surface area contributed by atoms with Gasteiger partial charge in [-0.05, 0) is 30.3 Å². The van der Waals surface area contributed by atoms with Crippen molar-refractivity contribution in [2.45, 2.75) is 0 Å². The molecule has 3 aromatic rings. The first kappa shape index (κ1) is 15.1. The maximum absolute atomic E-state index is 8.74. The van der Waals surface area contributed by atoms with Crippen LogP contribution in [0.5, 0.6) is 5.75 Å². The van der Waals surface area contributed by atoms with E-state index in [1.165, 1.54) is 7.11 Å². The number of para-hydroxylation sites is 2. The molecule has 1 N–H and O–H groups in total. The molecule has 7 heteroatoms. The third kappa shape index (κ3) is 2.87.